The van der Waals surface area contributed by atoms with Crippen LogP contribution in [0, 0.1) is 18.8 Å². The maximum Gasteiger partial charge on any atom is 0.212 e. The highest BCUT2D eigenvalue weighted by atomic mass is 14.9. The van der Waals surface area contributed by atoms with Crippen LogP contribution in [0.5, 0.6) is 0 Å². The van der Waals surface area contributed by atoms with E-state index >= 15 is 0 Å². The smallest absolute Gasteiger partial charge is 0.200 e. The van der Waals surface area contributed by atoms with E-state index < -0.39 is 0 Å². The third-order valence-electron chi connectivity index (χ3n) is 6.97. The summed E-state index contributed by atoms with van der Waals surface area (Å²) in [6.45, 7) is 2.16. The van der Waals surface area contributed by atoms with Crippen molar-refractivity contribution < 1.29 is 5.94 Å². The van der Waals surface area contributed by atoms with Gasteiger partial charge in [0, 0.05) is 18.6 Å². The molecule has 2 aromatic carbocycles. The van der Waals surface area contributed by atoms with Crippen LogP contribution in [0.1, 0.15) is 50.5 Å². The van der Waals surface area contributed by atoms with E-state index in [2.05, 4.69) is 85.4 Å². The number of nitrogens with zero attached hydrogens (tertiary/aromatic N) is 1. The lowest BCUT2D eigenvalue weighted by molar-refractivity contribution is -0.659. The van der Waals surface area contributed by atoms with Gasteiger partial charge in [-0.1, -0.05) is 55.3 Å². The zero-order valence-electron chi connectivity index (χ0n) is 18.0. The molecule has 1 heterocycles. The number of rotatable bonds is 3. The number of aromatic nitrogens is 1. The second-order valence-corrected chi connectivity index (χ2v) is 8.76. The second-order valence-electron chi connectivity index (χ2n) is 8.76. The molecule has 3 fully saturated rings. The Morgan fingerprint density at radius 3 is 2.43 bits per heavy atom. The maximum atomic E-state index is 9.32. The largest absolute Gasteiger partial charge is 0.212 e. The van der Waals surface area contributed by atoms with Gasteiger partial charge >= 0.3 is 0 Å². The normalized spacial score (nSPS) is 26.9. The number of hydrogen-bond donors (Lipinski definition) is 0. The zero-order chi connectivity index (χ0) is 20.0. The van der Waals surface area contributed by atoms with E-state index in [1.165, 1.54) is 59.2 Å². The summed E-state index contributed by atoms with van der Waals surface area (Å²) in [5.74, 6) is 0.898. The van der Waals surface area contributed by atoms with Crippen molar-refractivity contribution in [2.75, 3.05) is 0 Å². The van der Waals surface area contributed by atoms with E-state index in [-0.39, 0.29) is 5.89 Å². The third-order valence-corrected chi connectivity index (χ3v) is 6.97. The fourth-order valence-electron chi connectivity index (χ4n) is 5.36. The molecule has 1 unspecified atom stereocenters. The Hall–Kier alpha value is -2.41. The van der Waals surface area contributed by atoms with Gasteiger partial charge in [0.15, 0.2) is 6.20 Å². The average molecular weight is 370 g/mol. The minimum atomic E-state index is -0.388. The molecular formula is C27H30N+. The third kappa shape index (κ3) is 3.17. The molecule has 0 saturated heterocycles. The van der Waals surface area contributed by atoms with Crippen LogP contribution in [-0.4, -0.2) is 0 Å². The van der Waals surface area contributed by atoms with Crippen molar-refractivity contribution in [2.24, 2.45) is 18.9 Å². The molecule has 28 heavy (non-hydrogen) atoms. The lowest BCUT2D eigenvalue weighted by atomic mass is 9.63. The number of pyridine rings is 1. The van der Waals surface area contributed by atoms with Crippen LogP contribution in [0.4, 0.5) is 0 Å². The van der Waals surface area contributed by atoms with Gasteiger partial charge in [-0.3, -0.25) is 0 Å². The molecule has 0 radical (unpaired) electrons. The molecule has 0 N–H and O–H groups in total. The number of benzene rings is 2. The van der Waals surface area contributed by atoms with Gasteiger partial charge in [-0.25, -0.2) is 4.57 Å². The molecule has 3 aliphatic rings. The van der Waals surface area contributed by atoms with E-state index in [0.29, 0.717) is 5.92 Å². The van der Waals surface area contributed by atoms with Gasteiger partial charge in [-0.15, -0.1) is 0 Å². The fraction of sp³-hybridized carbons (Fsp3) is 0.370. The molecule has 0 aliphatic heterocycles. The van der Waals surface area contributed by atoms with E-state index in [4.69, 9.17) is 0 Å². The monoisotopic (exact) mass is 369 g/mol. The van der Waals surface area contributed by atoms with E-state index in [1.807, 2.05) is 0 Å². The molecule has 3 aromatic rings. The topological polar surface area (TPSA) is 3.88 Å². The molecule has 1 atom stereocenters. The highest BCUT2D eigenvalue weighted by Gasteiger charge is 2.36. The van der Waals surface area contributed by atoms with Crippen molar-refractivity contribution in [1.82, 2.24) is 0 Å². The minimum Gasteiger partial charge on any atom is -0.200 e. The van der Waals surface area contributed by atoms with Crippen molar-refractivity contribution >= 4 is 0 Å². The molecule has 142 valence electrons. The quantitative estimate of drug-likeness (QED) is 0.467. The zero-order valence-corrected chi connectivity index (χ0v) is 17.0. The standard InChI is InChI=1S/C27H30N/c1-19-6-3-4-9-25(19)27-15-14-24(18-28(27)2)22-7-5-8-23(17-22)26-16-20-10-12-21(26)13-11-20/h3-9,14-15,17-18,20-21,26H,10-13,16H2,1-2H3/q+1/i26D. The lowest BCUT2D eigenvalue weighted by Crippen LogP contribution is -2.31. The van der Waals surface area contributed by atoms with Gasteiger partial charge < -0.3 is 0 Å². The average Bonchev–Trinajstić information content (AvgIpc) is 2.75. The fourth-order valence-corrected chi connectivity index (χ4v) is 5.36. The maximum absolute atomic E-state index is 9.32. The molecule has 6 rings (SSSR count). The molecule has 3 aliphatic carbocycles. The number of fused-ring (bicyclic) bond motifs is 3. The van der Waals surface area contributed by atoms with Gasteiger partial charge in [0.1, 0.15) is 7.05 Å². The van der Waals surface area contributed by atoms with E-state index in [9.17, 15) is 1.37 Å². The molecule has 2 bridgehead atoms. The predicted octanol–water partition coefficient (Wildman–Crippen LogP) is 6.45. The van der Waals surface area contributed by atoms with Crippen LogP contribution in [0.25, 0.3) is 22.4 Å². The van der Waals surface area contributed by atoms with Crippen LogP contribution in [0.2, 0.25) is 0 Å². The van der Waals surface area contributed by atoms with Crippen molar-refractivity contribution in [3.05, 3.63) is 78.0 Å². The number of aryl methyl sites for hydroxylation is 2. The first-order chi connectivity index (χ1) is 14.0. The molecule has 1 nitrogen and oxygen atoms in total. The van der Waals surface area contributed by atoms with Crippen molar-refractivity contribution in [1.29, 1.82) is 0 Å². The van der Waals surface area contributed by atoms with Crippen LogP contribution < -0.4 is 4.57 Å². The van der Waals surface area contributed by atoms with Crippen LogP contribution in [-0.2, 0) is 7.05 Å². The molecule has 1 heteroatoms. The second kappa shape index (κ2) is 7.20. The van der Waals surface area contributed by atoms with E-state index in [0.717, 1.165) is 12.3 Å². The Morgan fingerprint density at radius 1 is 0.893 bits per heavy atom. The van der Waals surface area contributed by atoms with Crippen molar-refractivity contribution in [3.8, 4) is 22.4 Å². The molecule has 0 amide bonds. The van der Waals surface area contributed by atoms with E-state index in [1.54, 1.807) is 0 Å². The van der Waals surface area contributed by atoms with Crippen molar-refractivity contribution in [2.45, 2.75) is 44.9 Å². The highest BCUT2D eigenvalue weighted by molar-refractivity contribution is 5.66. The summed E-state index contributed by atoms with van der Waals surface area (Å²) < 4.78 is 11.5. The minimum absolute atomic E-state index is 0.388. The summed E-state index contributed by atoms with van der Waals surface area (Å²) in [5, 5.41) is 0. The molecule has 1 aromatic heterocycles. The summed E-state index contributed by atoms with van der Waals surface area (Å²) in [5.41, 5.74) is 7.46. The Kier molecular flexibility index (Phi) is 4.25. The Morgan fingerprint density at radius 2 is 1.71 bits per heavy atom. The number of hydrogen-bond acceptors (Lipinski definition) is 0. The Balaban J connectivity index is 1.50. The van der Waals surface area contributed by atoms with Crippen LogP contribution in [0.15, 0.2) is 66.9 Å². The van der Waals surface area contributed by atoms with Crippen LogP contribution in [0.3, 0.4) is 0 Å². The first-order valence-electron chi connectivity index (χ1n) is 11.2. The lowest BCUT2D eigenvalue weighted by Gasteiger charge is -2.42. The summed E-state index contributed by atoms with van der Waals surface area (Å²) in [6.07, 6.45) is 8.41. The Labute approximate surface area is 170 Å². The van der Waals surface area contributed by atoms with Gasteiger partial charge in [0.25, 0.3) is 0 Å². The predicted molar refractivity (Wildman–Crippen MR) is 116 cm³/mol. The molecule has 3 saturated carbocycles. The Bertz CT molecular complexity index is 1050. The summed E-state index contributed by atoms with van der Waals surface area (Å²) in [7, 11) is 2.13. The van der Waals surface area contributed by atoms with Gasteiger partial charge in [0.2, 0.25) is 5.69 Å². The van der Waals surface area contributed by atoms with Gasteiger partial charge in [0.05, 0.1) is 0 Å². The summed E-state index contributed by atoms with van der Waals surface area (Å²) in [6, 6.07) is 21.8. The summed E-state index contributed by atoms with van der Waals surface area (Å²) in [4.78, 5) is 0. The van der Waals surface area contributed by atoms with Gasteiger partial charge in [-0.2, -0.15) is 0 Å². The SMILES string of the molecule is [2H]C1(c2cccc(-c3ccc(-c4ccccc4C)[n+](C)c3)c2)CC2CCC1CC2. The molecule has 0 spiro atoms. The first kappa shape index (κ1) is 16.5. The van der Waals surface area contributed by atoms with Gasteiger partial charge in [-0.05, 0) is 72.7 Å². The van der Waals surface area contributed by atoms with Crippen molar-refractivity contribution in [3.63, 3.8) is 0 Å². The highest BCUT2D eigenvalue weighted by Crippen LogP contribution is 2.49. The molecular weight excluding hydrogens is 338 g/mol. The van der Waals surface area contributed by atoms with Crippen LogP contribution >= 0.6 is 0 Å². The summed E-state index contributed by atoms with van der Waals surface area (Å²) >= 11 is 0. The first-order valence-corrected chi connectivity index (χ1v) is 10.7.